The van der Waals surface area contributed by atoms with Crippen LogP contribution in [0.1, 0.15) is 12.5 Å². The van der Waals surface area contributed by atoms with E-state index in [4.69, 9.17) is 10.00 Å². The van der Waals surface area contributed by atoms with Crippen LogP contribution >= 0.6 is 0 Å². The van der Waals surface area contributed by atoms with Crippen molar-refractivity contribution in [2.75, 3.05) is 18.2 Å². The first-order valence-electron chi connectivity index (χ1n) is 9.13. The third-order valence-electron chi connectivity index (χ3n) is 4.28. The minimum atomic E-state index is -2.67. The summed E-state index contributed by atoms with van der Waals surface area (Å²) in [7, 11) is -1.31. The second-order valence-electron chi connectivity index (χ2n) is 6.33. The summed E-state index contributed by atoms with van der Waals surface area (Å²) < 4.78 is 47.9. The quantitative estimate of drug-likeness (QED) is 0.329. The van der Waals surface area contributed by atoms with Gasteiger partial charge in [0.15, 0.2) is 12.0 Å². The average Bonchev–Trinajstić information content (AvgIpc) is 2.75. The first-order valence-corrected chi connectivity index (χ1v) is 10.9. The van der Waals surface area contributed by atoms with Crippen LogP contribution in [0.3, 0.4) is 0 Å². The molecule has 0 fully saturated rings. The number of aromatic nitrogens is 2. The number of ether oxygens (including phenoxy) is 1. The highest BCUT2D eigenvalue weighted by atomic mass is 32.2. The van der Waals surface area contributed by atoms with E-state index < -0.39 is 21.3 Å². The lowest BCUT2D eigenvalue weighted by molar-refractivity contribution is 0.412. The molecule has 0 saturated heterocycles. The molecule has 0 spiro atoms. The molecule has 0 aliphatic carbocycles. The van der Waals surface area contributed by atoms with Gasteiger partial charge in [-0.05, 0) is 29.8 Å². The van der Waals surface area contributed by atoms with E-state index >= 15 is 0 Å². The number of anilines is 2. The third-order valence-corrected chi connectivity index (χ3v) is 6.23. The second-order valence-corrected chi connectivity index (χ2v) is 8.80. The predicted octanol–water partition coefficient (Wildman–Crippen LogP) is 3.61. The zero-order valence-electron chi connectivity index (χ0n) is 16.7. The van der Waals surface area contributed by atoms with E-state index in [1.54, 1.807) is 37.4 Å². The third kappa shape index (κ3) is 5.26. The van der Waals surface area contributed by atoms with Gasteiger partial charge in [-0.15, -0.1) is 0 Å². The summed E-state index contributed by atoms with van der Waals surface area (Å²) in [6, 6.07) is 10.6. The molecule has 0 saturated carbocycles. The Bertz CT molecular complexity index is 1270. The van der Waals surface area contributed by atoms with Crippen molar-refractivity contribution in [3.63, 3.8) is 0 Å². The zero-order valence-corrected chi connectivity index (χ0v) is 17.5. The number of halogens is 2. The molecular weight excluding hydrogens is 424 g/mol. The molecule has 3 rings (SSSR count). The number of rotatable bonds is 7. The Morgan fingerprint density at radius 2 is 2.06 bits per heavy atom. The van der Waals surface area contributed by atoms with Gasteiger partial charge in [0, 0.05) is 28.4 Å². The summed E-state index contributed by atoms with van der Waals surface area (Å²) in [5, 5.41) is 13.3. The molecule has 31 heavy (non-hydrogen) atoms. The second kappa shape index (κ2) is 9.40. The highest BCUT2D eigenvalue weighted by Crippen LogP contribution is 2.31. The molecule has 0 aliphatic rings. The fraction of sp³-hybridized carbons (Fsp3) is 0.143. The number of nitriles is 1. The van der Waals surface area contributed by atoms with Crippen molar-refractivity contribution < 1.29 is 17.7 Å². The van der Waals surface area contributed by atoms with Crippen molar-refractivity contribution in [3.8, 4) is 23.2 Å². The van der Waals surface area contributed by atoms with E-state index in [1.165, 1.54) is 24.6 Å². The number of nitrogens with one attached hydrogen (secondary N) is 2. The van der Waals surface area contributed by atoms with Crippen LogP contribution in [0.25, 0.3) is 11.3 Å². The van der Waals surface area contributed by atoms with Crippen molar-refractivity contribution in [2.45, 2.75) is 6.92 Å². The highest BCUT2D eigenvalue weighted by molar-refractivity contribution is 7.99. The summed E-state index contributed by atoms with van der Waals surface area (Å²) in [6.45, 7) is 1.71. The molecule has 2 aromatic carbocycles. The summed E-state index contributed by atoms with van der Waals surface area (Å²) in [4.78, 5) is 8.15. The van der Waals surface area contributed by atoms with Crippen LogP contribution in [0.4, 0.5) is 20.4 Å². The lowest BCUT2D eigenvalue weighted by Gasteiger charge is -2.11. The summed E-state index contributed by atoms with van der Waals surface area (Å²) in [6.07, 6.45) is 2.72. The van der Waals surface area contributed by atoms with Crippen LogP contribution in [0.2, 0.25) is 0 Å². The molecule has 1 atom stereocenters. The first-order chi connectivity index (χ1) is 14.9. The normalized spacial score (nSPS) is 12.4. The molecule has 0 bridgehead atoms. The number of benzene rings is 2. The maximum absolute atomic E-state index is 14.4. The van der Waals surface area contributed by atoms with Crippen molar-refractivity contribution >= 4 is 26.7 Å². The van der Waals surface area contributed by atoms with Gasteiger partial charge in [-0.3, -0.25) is 0 Å². The van der Waals surface area contributed by atoms with Gasteiger partial charge in [0.05, 0.1) is 23.0 Å². The molecule has 1 unspecified atom stereocenters. The minimum Gasteiger partial charge on any atom is -0.496 e. The monoisotopic (exact) mass is 443 g/mol. The van der Waals surface area contributed by atoms with E-state index in [0.29, 0.717) is 11.3 Å². The smallest absolute Gasteiger partial charge is 0.227 e. The van der Waals surface area contributed by atoms with Gasteiger partial charge in [0.1, 0.15) is 17.3 Å². The Labute approximate surface area is 178 Å². The van der Waals surface area contributed by atoms with Crippen LogP contribution < -0.4 is 14.8 Å². The van der Waals surface area contributed by atoms with Gasteiger partial charge in [-0.1, -0.05) is 19.1 Å². The molecule has 160 valence electrons. The maximum atomic E-state index is 14.4. The van der Waals surface area contributed by atoms with Crippen LogP contribution in [0, 0.1) is 23.1 Å². The molecule has 0 aliphatic heterocycles. The lowest BCUT2D eigenvalue weighted by Crippen LogP contribution is -2.23. The van der Waals surface area contributed by atoms with Crippen LogP contribution in [-0.2, 0) is 9.71 Å². The van der Waals surface area contributed by atoms with Crippen molar-refractivity contribution in [1.82, 2.24) is 14.7 Å². The van der Waals surface area contributed by atoms with E-state index in [1.807, 2.05) is 0 Å². The van der Waals surface area contributed by atoms with Crippen LogP contribution in [0.5, 0.6) is 5.75 Å². The van der Waals surface area contributed by atoms with Gasteiger partial charge in [-0.2, -0.15) is 5.26 Å². The number of hydrogen-bond donors (Lipinski definition) is 2. The summed E-state index contributed by atoms with van der Waals surface area (Å²) >= 11 is 0. The van der Waals surface area contributed by atoms with Gasteiger partial charge >= 0.3 is 0 Å². The van der Waals surface area contributed by atoms with Gasteiger partial charge in [-0.25, -0.2) is 27.7 Å². The van der Waals surface area contributed by atoms with E-state index in [2.05, 4.69) is 20.0 Å². The first kappa shape index (κ1) is 22.0. The molecule has 0 radical (unpaired) electrons. The molecule has 1 aromatic heterocycles. The molecule has 2 N–H and O–H groups in total. The molecular formula is C21H19F2N5O2S. The summed E-state index contributed by atoms with van der Waals surface area (Å²) in [5.74, 6) is -0.716. The van der Waals surface area contributed by atoms with Gasteiger partial charge < -0.3 is 10.1 Å². The Kier molecular flexibility index (Phi) is 6.67. The topological polar surface area (TPSA) is 99.9 Å². The maximum Gasteiger partial charge on any atom is 0.227 e. The fourth-order valence-corrected chi connectivity index (χ4v) is 3.89. The molecule has 10 heteroatoms. The van der Waals surface area contributed by atoms with E-state index in [0.717, 1.165) is 12.3 Å². The predicted molar refractivity (Wildman–Crippen MR) is 116 cm³/mol. The Morgan fingerprint density at radius 1 is 1.26 bits per heavy atom. The van der Waals surface area contributed by atoms with Crippen molar-refractivity contribution in [3.05, 3.63) is 65.9 Å². The lowest BCUT2D eigenvalue weighted by atomic mass is 10.1. The van der Waals surface area contributed by atoms with Gasteiger partial charge in [0.2, 0.25) is 5.95 Å². The Balaban J connectivity index is 1.95. The molecule has 3 aromatic rings. The summed E-state index contributed by atoms with van der Waals surface area (Å²) in [5.41, 5.74) is 1.40. The largest absolute Gasteiger partial charge is 0.496 e. The molecule has 0 amide bonds. The molecule has 1 heterocycles. The number of methoxy groups -OCH3 is 1. The highest BCUT2D eigenvalue weighted by Gasteiger charge is 2.15. The minimum absolute atomic E-state index is 0.0516. The van der Waals surface area contributed by atoms with Crippen molar-refractivity contribution in [1.29, 1.82) is 5.26 Å². The number of nitrogens with zero attached hydrogens (tertiary/aromatic N) is 3. The van der Waals surface area contributed by atoms with E-state index in [-0.39, 0.29) is 28.7 Å². The fourth-order valence-electron chi connectivity index (χ4n) is 2.78. The van der Waals surface area contributed by atoms with Crippen LogP contribution in [-0.4, -0.2) is 32.4 Å². The molecule has 7 nitrogen and oxygen atoms in total. The average molecular weight is 443 g/mol. The Hall–Kier alpha value is -3.71. The van der Waals surface area contributed by atoms with Gasteiger partial charge in [0.25, 0.3) is 0 Å². The SMILES string of the molecule is CCS(=O)(=Cc1cccc(Nc2ncc(F)c(-c3ccc(F)cc3OC)n2)c1)NC#N. The van der Waals surface area contributed by atoms with Crippen LogP contribution in [0.15, 0.2) is 48.7 Å². The zero-order chi connectivity index (χ0) is 22.4. The standard InChI is InChI=1S/C21H19F2N5O2S/c1-3-31(29,26-13-24)12-14-5-4-6-16(9-14)27-21-25-11-18(23)20(28-21)17-8-7-15(22)10-19(17)30-2/h4-12H,3H2,1-2H3,(H,26,29)(H,25,27,28). The number of hydrogen-bond acceptors (Lipinski definition) is 6. The van der Waals surface area contributed by atoms with Crippen molar-refractivity contribution in [2.24, 2.45) is 0 Å². The van der Waals surface area contributed by atoms with E-state index in [9.17, 15) is 13.0 Å². The Morgan fingerprint density at radius 3 is 2.77 bits per heavy atom.